The number of hydrogen-bond acceptors (Lipinski definition) is 6. The normalized spacial score (nSPS) is 15.5. The van der Waals surface area contributed by atoms with Crippen LogP contribution in [0, 0.1) is 0 Å². The molecule has 0 atom stereocenters. The minimum Gasteiger partial charge on any atom is -0.495 e. The molecule has 0 aromatic heterocycles. The third-order valence-corrected chi connectivity index (χ3v) is 9.12. The highest BCUT2D eigenvalue weighted by molar-refractivity contribution is 7.92. The number of likely N-dealkylation sites (tertiary alicyclic amines) is 1. The lowest BCUT2D eigenvalue weighted by Gasteiger charge is -2.36. The quantitative estimate of drug-likeness (QED) is 0.602. The second-order valence-corrected chi connectivity index (χ2v) is 11.8. The van der Waals surface area contributed by atoms with Gasteiger partial charge in [0.25, 0.3) is 15.9 Å². The standard InChI is InChI=1S/C22H29N3O6S2/c1-4-32(27,28)24(2)18-13-15-25(16-14-18)22(26)17-9-11-19(12-10-17)33(29,30)23-20-7-5-6-8-21(20)31-3/h5-12,18,23H,4,13-16H2,1-3H3. The SMILES string of the molecule is CCS(=O)(=O)N(C)C1CCN(C(=O)c2ccc(S(=O)(=O)Nc3ccccc3OC)cc2)CC1. The number of nitrogens with one attached hydrogen (secondary N) is 1. The van der Waals surface area contributed by atoms with Crippen LogP contribution in [0.15, 0.2) is 53.4 Å². The first-order valence-electron chi connectivity index (χ1n) is 10.6. The van der Waals surface area contributed by atoms with Gasteiger partial charge in [-0.25, -0.2) is 21.1 Å². The second-order valence-electron chi connectivity index (χ2n) is 7.77. The van der Waals surface area contributed by atoms with Crippen molar-refractivity contribution in [1.29, 1.82) is 0 Å². The Morgan fingerprint density at radius 2 is 1.67 bits per heavy atom. The fourth-order valence-electron chi connectivity index (χ4n) is 3.76. The smallest absolute Gasteiger partial charge is 0.262 e. The molecule has 0 spiro atoms. The summed E-state index contributed by atoms with van der Waals surface area (Å²) in [4.78, 5) is 14.6. The molecule has 1 saturated heterocycles. The van der Waals surface area contributed by atoms with Gasteiger partial charge in [0.2, 0.25) is 10.0 Å². The minimum absolute atomic E-state index is 0.0232. The maximum Gasteiger partial charge on any atom is 0.262 e. The van der Waals surface area contributed by atoms with Crippen LogP contribution < -0.4 is 9.46 Å². The summed E-state index contributed by atoms with van der Waals surface area (Å²) in [5.41, 5.74) is 0.692. The Kier molecular flexibility index (Phi) is 7.65. The van der Waals surface area contributed by atoms with Crippen molar-refractivity contribution < 1.29 is 26.4 Å². The molecule has 11 heteroatoms. The van der Waals surface area contributed by atoms with Crippen LogP contribution >= 0.6 is 0 Å². The molecular formula is C22H29N3O6S2. The van der Waals surface area contributed by atoms with E-state index in [9.17, 15) is 21.6 Å². The molecule has 0 saturated carbocycles. The van der Waals surface area contributed by atoms with E-state index in [4.69, 9.17) is 4.74 Å². The van der Waals surface area contributed by atoms with Gasteiger partial charge in [0, 0.05) is 31.7 Å². The fourth-order valence-corrected chi connectivity index (χ4v) is 5.90. The molecule has 2 aromatic carbocycles. The third-order valence-electron chi connectivity index (χ3n) is 5.83. The van der Waals surface area contributed by atoms with Crippen LogP contribution in [0.25, 0.3) is 0 Å². The van der Waals surface area contributed by atoms with Crippen molar-refractivity contribution >= 4 is 31.6 Å². The Bertz CT molecular complexity index is 1190. The first-order chi connectivity index (χ1) is 15.6. The number of anilines is 1. The number of rotatable bonds is 8. The van der Waals surface area contributed by atoms with Gasteiger partial charge in [-0.05, 0) is 56.2 Å². The molecule has 0 radical (unpaired) electrons. The summed E-state index contributed by atoms with van der Waals surface area (Å²) in [6.07, 6.45) is 1.10. The van der Waals surface area contributed by atoms with Crippen LogP contribution in [0.3, 0.4) is 0 Å². The molecule has 1 N–H and O–H groups in total. The summed E-state index contributed by atoms with van der Waals surface area (Å²) < 4.78 is 58.7. The van der Waals surface area contributed by atoms with E-state index >= 15 is 0 Å². The van der Waals surface area contributed by atoms with E-state index in [1.165, 1.54) is 35.7 Å². The van der Waals surface area contributed by atoms with Gasteiger partial charge in [-0.15, -0.1) is 0 Å². The monoisotopic (exact) mass is 495 g/mol. The van der Waals surface area contributed by atoms with Crippen molar-refractivity contribution in [2.24, 2.45) is 0 Å². The summed E-state index contributed by atoms with van der Waals surface area (Å²) >= 11 is 0. The van der Waals surface area contributed by atoms with Crippen LogP contribution in [0.1, 0.15) is 30.1 Å². The molecule has 180 valence electrons. The van der Waals surface area contributed by atoms with Crippen molar-refractivity contribution in [2.75, 3.05) is 37.7 Å². The number of amides is 1. The molecule has 1 heterocycles. The summed E-state index contributed by atoms with van der Waals surface area (Å²) in [7, 11) is -4.10. The van der Waals surface area contributed by atoms with E-state index in [0.29, 0.717) is 42.9 Å². The first kappa shape index (κ1) is 25.0. The summed E-state index contributed by atoms with van der Waals surface area (Å²) in [5.74, 6) is 0.230. The molecule has 1 fully saturated rings. The number of hydrogen-bond donors (Lipinski definition) is 1. The van der Waals surface area contributed by atoms with Crippen molar-refractivity contribution in [3.63, 3.8) is 0 Å². The van der Waals surface area contributed by atoms with Crippen LogP contribution in [-0.2, 0) is 20.0 Å². The third kappa shape index (κ3) is 5.66. The topological polar surface area (TPSA) is 113 Å². The Morgan fingerprint density at radius 3 is 2.24 bits per heavy atom. The van der Waals surface area contributed by atoms with Crippen LogP contribution in [0.4, 0.5) is 5.69 Å². The maximum atomic E-state index is 12.9. The van der Waals surface area contributed by atoms with E-state index in [2.05, 4.69) is 4.72 Å². The lowest BCUT2D eigenvalue weighted by Crippen LogP contribution is -2.47. The first-order valence-corrected chi connectivity index (χ1v) is 13.7. The van der Waals surface area contributed by atoms with E-state index < -0.39 is 20.0 Å². The predicted molar refractivity (Wildman–Crippen MR) is 126 cm³/mol. The van der Waals surface area contributed by atoms with Crippen LogP contribution in [0.5, 0.6) is 5.75 Å². The van der Waals surface area contributed by atoms with Gasteiger partial charge in [-0.2, -0.15) is 0 Å². The highest BCUT2D eigenvalue weighted by atomic mass is 32.2. The number of methoxy groups -OCH3 is 1. The van der Waals surface area contributed by atoms with Gasteiger partial charge in [-0.1, -0.05) is 12.1 Å². The molecule has 1 amide bonds. The van der Waals surface area contributed by atoms with Gasteiger partial charge in [0.15, 0.2) is 0 Å². The molecule has 0 aliphatic carbocycles. The Morgan fingerprint density at radius 1 is 1.06 bits per heavy atom. The van der Waals surface area contributed by atoms with E-state index in [-0.39, 0.29) is 22.6 Å². The Hall–Kier alpha value is -2.63. The van der Waals surface area contributed by atoms with E-state index in [1.807, 2.05) is 0 Å². The number of ether oxygens (including phenoxy) is 1. The predicted octanol–water partition coefficient (Wildman–Crippen LogP) is 2.38. The van der Waals surface area contributed by atoms with Crippen molar-refractivity contribution in [1.82, 2.24) is 9.21 Å². The minimum atomic E-state index is -3.86. The number of carbonyl (C=O) groups excluding carboxylic acids is 1. The van der Waals surface area contributed by atoms with Gasteiger partial charge >= 0.3 is 0 Å². The average molecular weight is 496 g/mol. The Balaban J connectivity index is 1.66. The fraction of sp³-hybridized carbons (Fsp3) is 0.409. The molecule has 1 aliphatic heterocycles. The van der Waals surface area contributed by atoms with Gasteiger partial charge in [-0.3, -0.25) is 9.52 Å². The molecular weight excluding hydrogens is 466 g/mol. The number of para-hydroxylation sites is 2. The average Bonchev–Trinajstić information content (AvgIpc) is 2.83. The summed E-state index contributed by atoms with van der Waals surface area (Å²) in [6.45, 7) is 2.48. The van der Waals surface area contributed by atoms with Crippen LogP contribution in [0.2, 0.25) is 0 Å². The van der Waals surface area contributed by atoms with Crippen molar-refractivity contribution in [3.05, 3.63) is 54.1 Å². The Labute approximate surface area is 195 Å². The molecule has 3 rings (SSSR count). The molecule has 1 aliphatic rings. The van der Waals surface area contributed by atoms with Crippen molar-refractivity contribution in [3.8, 4) is 5.75 Å². The molecule has 9 nitrogen and oxygen atoms in total. The largest absolute Gasteiger partial charge is 0.495 e. The maximum absolute atomic E-state index is 12.9. The zero-order chi connectivity index (χ0) is 24.2. The lowest BCUT2D eigenvalue weighted by molar-refractivity contribution is 0.0686. The molecule has 0 bridgehead atoms. The lowest BCUT2D eigenvalue weighted by atomic mass is 10.0. The highest BCUT2D eigenvalue weighted by Gasteiger charge is 2.30. The zero-order valence-electron chi connectivity index (χ0n) is 18.9. The summed E-state index contributed by atoms with van der Waals surface area (Å²) in [6, 6.07) is 12.3. The van der Waals surface area contributed by atoms with Gasteiger partial charge in [0.1, 0.15) is 5.75 Å². The molecule has 0 unspecified atom stereocenters. The number of piperidine rings is 1. The number of benzene rings is 2. The van der Waals surface area contributed by atoms with E-state index in [0.717, 1.165) is 0 Å². The molecule has 2 aromatic rings. The summed E-state index contributed by atoms with van der Waals surface area (Å²) in [5, 5.41) is 0. The number of sulfonamides is 2. The van der Waals surface area contributed by atoms with Gasteiger partial charge < -0.3 is 9.64 Å². The van der Waals surface area contributed by atoms with Crippen molar-refractivity contribution in [2.45, 2.75) is 30.7 Å². The van der Waals surface area contributed by atoms with Gasteiger partial charge in [0.05, 0.1) is 23.4 Å². The second kappa shape index (κ2) is 10.1. The number of nitrogens with zero attached hydrogens (tertiary/aromatic N) is 2. The van der Waals surface area contributed by atoms with Crippen LogP contribution in [-0.4, -0.2) is 71.0 Å². The zero-order valence-corrected chi connectivity index (χ0v) is 20.5. The molecule has 33 heavy (non-hydrogen) atoms. The van der Waals surface area contributed by atoms with E-state index in [1.54, 1.807) is 43.1 Å². The number of carbonyl (C=O) groups is 1. The highest BCUT2D eigenvalue weighted by Crippen LogP contribution is 2.26.